The van der Waals surface area contributed by atoms with Crippen molar-refractivity contribution in [3.63, 3.8) is 0 Å². The maximum atomic E-state index is 12.8. The highest BCUT2D eigenvalue weighted by molar-refractivity contribution is 7.89. The smallest absolute Gasteiger partial charge is 0.246 e. The number of nitrogens with zero attached hydrogens (tertiary/aromatic N) is 3. The summed E-state index contributed by atoms with van der Waals surface area (Å²) in [4.78, 5) is 0.269. The lowest BCUT2D eigenvalue weighted by molar-refractivity contribution is 0.0112. The van der Waals surface area contributed by atoms with Crippen LogP contribution in [0, 0.1) is 13.8 Å². The van der Waals surface area contributed by atoms with Gasteiger partial charge in [0.1, 0.15) is 4.90 Å². The minimum atomic E-state index is -3.54. The van der Waals surface area contributed by atoms with E-state index in [-0.39, 0.29) is 4.90 Å². The summed E-state index contributed by atoms with van der Waals surface area (Å²) in [7, 11) is -3.54. The molecule has 22 heavy (non-hydrogen) atoms. The first kappa shape index (κ1) is 19.1. The Hall–Kier alpha value is -0.920. The van der Waals surface area contributed by atoms with Crippen molar-refractivity contribution in [1.82, 2.24) is 14.1 Å². The molecule has 0 aromatic carbocycles. The predicted molar refractivity (Wildman–Crippen MR) is 87.3 cm³/mol. The van der Waals surface area contributed by atoms with E-state index in [9.17, 15) is 13.5 Å². The van der Waals surface area contributed by atoms with Crippen molar-refractivity contribution in [1.29, 1.82) is 0 Å². The highest BCUT2D eigenvalue weighted by Crippen LogP contribution is 2.26. The summed E-state index contributed by atoms with van der Waals surface area (Å²) in [6.07, 6.45) is 1.19. The summed E-state index contributed by atoms with van der Waals surface area (Å²) in [5.74, 6) is 0. The molecule has 0 fully saturated rings. The predicted octanol–water partition coefficient (Wildman–Crippen LogP) is 2.08. The van der Waals surface area contributed by atoms with Crippen molar-refractivity contribution < 1.29 is 13.5 Å². The Bertz CT molecular complexity index is 600. The number of rotatable bonds is 8. The third kappa shape index (κ3) is 3.52. The van der Waals surface area contributed by atoms with Gasteiger partial charge >= 0.3 is 0 Å². The molecule has 1 aromatic heterocycles. The van der Waals surface area contributed by atoms with Crippen LogP contribution < -0.4 is 0 Å². The number of aryl methyl sites for hydroxylation is 1. The normalized spacial score (nSPS) is 13.1. The summed E-state index contributed by atoms with van der Waals surface area (Å²) in [6.45, 7) is 12.1. The molecule has 1 N–H and O–H groups in total. The molecule has 1 rings (SSSR count). The summed E-state index contributed by atoms with van der Waals surface area (Å²) in [6, 6.07) is 0. The van der Waals surface area contributed by atoms with Crippen LogP contribution in [0.1, 0.15) is 51.9 Å². The van der Waals surface area contributed by atoms with E-state index in [1.807, 2.05) is 27.7 Å². The number of sulfonamides is 1. The van der Waals surface area contributed by atoms with Gasteiger partial charge in [0.05, 0.1) is 23.5 Å². The number of aliphatic hydroxyl groups is 1. The van der Waals surface area contributed by atoms with E-state index < -0.39 is 15.6 Å². The van der Waals surface area contributed by atoms with Crippen LogP contribution >= 0.6 is 0 Å². The molecule has 1 heterocycles. The molecule has 0 radical (unpaired) electrons. The van der Waals surface area contributed by atoms with Gasteiger partial charge in [-0.25, -0.2) is 8.42 Å². The second kappa shape index (κ2) is 7.10. The Morgan fingerprint density at radius 2 is 1.64 bits per heavy atom. The van der Waals surface area contributed by atoms with Crippen molar-refractivity contribution >= 4 is 10.0 Å². The topological polar surface area (TPSA) is 75.4 Å². The van der Waals surface area contributed by atoms with Gasteiger partial charge in [-0.3, -0.25) is 4.68 Å². The van der Waals surface area contributed by atoms with Crippen LogP contribution in [-0.4, -0.2) is 46.3 Å². The molecule has 0 bridgehead atoms. The molecule has 0 unspecified atom stereocenters. The highest BCUT2D eigenvalue weighted by atomic mass is 32.2. The number of aromatic nitrogens is 2. The van der Waals surface area contributed by atoms with Crippen LogP contribution in [-0.2, 0) is 16.6 Å². The van der Waals surface area contributed by atoms with Gasteiger partial charge in [0.15, 0.2) is 0 Å². The Balaban J connectivity index is 3.32. The highest BCUT2D eigenvalue weighted by Gasteiger charge is 2.31. The largest absolute Gasteiger partial charge is 0.388 e. The molecule has 0 saturated heterocycles. The molecule has 0 aliphatic heterocycles. The zero-order chi connectivity index (χ0) is 17.1. The second-order valence-electron chi connectivity index (χ2n) is 5.68. The maximum Gasteiger partial charge on any atom is 0.246 e. The molecule has 0 aliphatic carbocycles. The molecular formula is C15H29N3O3S. The third-order valence-corrected chi connectivity index (χ3v) is 6.68. The van der Waals surface area contributed by atoms with Crippen molar-refractivity contribution in [3.05, 3.63) is 11.4 Å². The quantitative estimate of drug-likeness (QED) is 0.791. The molecule has 0 aliphatic rings. The minimum Gasteiger partial charge on any atom is -0.388 e. The monoisotopic (exact) mass is 331 g/mol. The third-order valence-electron chi connectivity index (χ3n) is 4.38. The van der Waals surface area contributed by atoms with E-state index >= 15 is 0 Å². The van der Waals surface area contributed by atoms with Gasteiger partial charge < -0.3 is 5.11 Å². The van der Waals surface area contributed by atoms with Crippen molar-refractivity contribution in [2.75, 3.05) is 13.1 Å². The summed E-state index contributed by atoms with van der Waals surface area (Å²) >= 11 is 0. The molecule has 0 spiro atoms. The first-order valence-corrected chi connectivity index (χ1v) is 9.37. The van der Waals surface area contributed by atoms with Gasteiger partial charge in [0.25, 0.3) is 0 Å². The molecule has 128 valence electrons. The Kier molecular flexibility index (Phi) is 6.18. The maximum absolute atomic E-state index is 12.8. The first-order chi connectivity index (χ1) is 10.2. The Morgan fingerprint density at radius 3 is 2.05 bits per heavy atom. The number of hydrogen-bond acceptors (Lipinski definition) is 4. The summed E-state index contributed by atoms with van der Waals surface area (Å²) in [5.41, 5.74) is 0.211. The van der Waals surface area contributed by atoms with Gasteiger partial charge in [-0.1, -0.05) is 27.7 Å². The standard InChI is InChI=1S/C15H29N3O3S/c1-7-15(19,8-2)11-18-13(6)14(12(5)16-18)22(20,21)17(9-3)10-4/h19H,7-11H2,1-6H3. The Labute approximate surface area is 134 Å². The van der Waals surface area contributed by atoms with Crippen molar-refractivity contribution in [2.45, 2.75) is 71.4 Å². The zero-order valence-electron chi connectivity index (χ0n) is 14.5. The lowest BCUT2D eigenvalue weighted by atomic mass is 9.98. The van der Waals surface area contributed by atoms with Gasteiger partial charge in [-0.05, 0) is 26.7 Å². The fraction of sp³-hybridized carbons (Fsp3) is 0.800. The number of hydrogen-bond donors (Lipinski definition) is 1. The SMILES string of the molecule is CCN(CC)S(=O)(=O)c1c(C)nn(CC(O)(CC)CC)c1C. The van der Waals surface area contributed by atoms with E-state index in [1.165, 1.54) is 4.31 Å². The van der Waals surface area contributed by atoms with Crippen LogP contribution in [0.2, 0.25) is 0 Å². The molecule has 0 saturated carbocycles. The molecule has 1 aromatic rings. The first-order valence-electron chi connectivity index (χ1n) is 7.93. The minimum absolute atomic E-state index is 0.269. The summed E-state index contributed by atoms with van der Waals surface area (Å²) < 4.78 is 28.6. The van der Waals surface area contributed by atoms with Gasteiger partial charge in [-0.2, -0.15) is 9.40 Å². The van der Waals surface area contributed by atoms with Crippen LogP contribution in [0.3, 0.4) is 0 Å². The van der Waals surface area contributed by atoms with E-state index in [2.05, 4.69) is 5.10 Å². The van der Waals surface area contributed by atoms with E-state index in [0.29, 0.717) is 43.9 Å². The van der Waals surface area contributed by atoms with Crippen LogP contribution in [0.15, 0.2) is 4.90 Å². The van der Waals surface area contributed by atoms with E-state index in [1.54, 1.807) is 18.5 Å². The average Bonchev–Trinajstić information content (AvgIpc) is 2.74. The van der Waals surface area contributed by atoms with Crippen LogP contribution in [0.4, 0.5) is 0 Å². The van der Waals surface area contributed by atoms with E-state index in [0.717, 1.165) is 0 Å². The van der Waals surface area contributed by atoms with E-state index in [4.69, 9.17) is 0 Å². The van der Waals surface area contributed by atoms with Crippen molar-refractivity contribution in [3.8, 4) is 0 Å². The summed E-state index contributed by atoms with van der Waals surface area (Å²) in [5, 5.41) is 14.8. The second-order valence-corrected chi connectivity index (χ2v) is 7.55. The lowest BCUT2D eigenvalue weighted by Gasteiger charge is -2.25. The fourth-order valence-electron chi connectivity index (χ4n) is 2.65. The zero-order valence-corrected chi connectivity index (χ0v) is 15.4. The molecule has 7 heteroatoms. The molecular weight excluding hydrogens is 302 g/mol. The van der Waals surface area contributed by atoms with Crippen LogP contribution in [0.5, 0.6) is 0 Å². The van der Waals surface area contributed by atoms with Crippen molar-refractivity contribution in [2.24, 2.45) is 0 Å². The lowest BCUT2D eigenvalue weighted by Crippen LogP contribution is -2.34. The van der Waals surface area contributed by atoms with Gasteiger partial charge in [0.2, 0.25) is 10.0 Å². The molecule has 0 amide bonds. The average molecular weight is 331 g/mol. The van der Waals surface area contributed by atoms with Crippen LogP contribution in [0.25, 0.3) is 0 Å². The Morgan fingerprint density at radius 1 is 1.14 bits per heavy atom. The van der Waals surface area contributed by atoms with Gasteiger partial charge in [0, 0.05) is 13.1 Å². The fourth-order valence-corrected chi connectivity index (χ4v) is 4.48. The van der Waals surface area contributed by atoms with Gasteiger partial charge in [-0.15, -0.1) is 0 Å². The molecule has 6 nitrogen and oxygen atoms in total. The molecule has 0 atom stereocenters.